The smallest absolute Gasteiger partial charge is 0.131 e. The van der Waals surface area contributed by atoms with Crippen molar-refractivity contribution in [2.24, 2.45) is 0 Å². The zero-order valence-electron chi connectivity index (χ0n) is 10.6. The number of likely N-dealkylation sites (N-methyl/N-ethyl adjacent to an activating group) is 1. The van der Waals surface area contributed by atoms with E-state index < -0.39 is 0 Å². The first kappa shape index (κ1) is 13.0. The Hall–Kier alpha value is -1.42. The largest absolute Gasteiger partial charge is 0.359 e. The van der Waals surface area contributed by atoms with Gasteiger partial charge in [0, 0.05) is 42.6 Å². The lowest BCUT2D eigenvalue weighted by atomic mass is 10.2. The van der Waals surface area contributed by atoms with Crippen LogP contribution < -0.4 is 4.90 Å². The Morgan fingerprint density at radius 1 is 1.28 bits per heavy atom. The van der Waals surface area contributed by atoms with Crippen molar-refractivity contribution in [2.45, 2.75) is 13.3 Å². The maximum Gasteiger partial charge on any atom is 0.131 e. The van der Waals surface area contributed by atoms with E-state index in [1.165, 1.54) is 5.56 Å². The van der Waals surface area contributed by atoms with Gasteiger partial charge in [0.1, 0.15) is 5.82 Å². The normalized spacial score (nSPS) is 10.4. The van der Waals surface area contributed by atoms with Crippen molar-refractivity contribution < 1.29 is 0 Å². The Bertz CT molecular complexity index is 514. The summed E-state index contributed by atoms with van der Waals surface area (Å²) in [6, 6.07) is 8.09. The molecule has 18 heavy (non-hydrogen) atoms. The van der Waals surface area contributed by atoms with Crippen molar-refractivity contribution in [3.05, 3.63) is 52.4 Å². The van der Waals surface area contributed by atoms with Gasteiger partial charge < -0.3 is 4.90 Å². The third-order valence-corrected chi connectivity index (χ3v) is 3.24. The minimum Gasteiger partial charge on any atom is -0.359 e. The van der Waals surface area contributed by atoms with Gasteiger partial charge in [0.25, 0.3) is 0 Å². The number of pyridine rings is 2. The Morgan fingerprint density at radius 3 is 2.78 bits per heavy atom. The molecule has 2 aromatic heterocycles. The molecule has 0 aliphatic carbocycles. The van der Waals surface area contributed by atoms with Crippen LogP contribution in [0.25, 0.3) is 0 Å². The number of aryl methyl sites for hydroxylation is 1. The first-order chi connectivity index (χ1) is 8.66. The van der Waals surface area contributed by atoms with Crippen LogP contribution in [0.2, 0.25) is 0 Å². The highest BCUT2D eigenvalue weighted by Gasteiger charge is 2.06. The van der Waals surface area contributed by atoms with Gasteiger partial charge in [-0.1, -0.05) is 6.07 Å². The van der Waals surface area contributed by atoms with Crippen molar-refractivity contribution in [1.82, 2.24) is 9.97 Å². The molecule has 0 radical (unpaired) electrons. The summed E-state index contributed by atoms with van der Waals surface area (Å²) in [5.74, 6) is 1.02. The molecule has 0 saturated carbocycles. The molecule has 4 heteroatoms. The van der Waals surface area contributed by atoms with Crippen molar-refractivity contribution in [3.8, 4) is 0 Å². The van der Waals surface area contributed by atoms with E-state index in [-0.39, 0.29) is 0 Å². The van der Waals surface area contributed by atoms with E-state index in [0.29, 0.717) is 0 Å². The van der Waals surface area contributed by atoms with E-state index >= 15 is 0 Å². The lowest BCUT2D eigenvalue weighted by molar-refractivity contribution is 0.834. The molecular formula is C14H16BrN3. The average Bonchev–Trinajstić information content (AvgIpc) is 2.37. The molecule has 0 unspecified atom stereocenters. The standard InChI is InChI=1S/C14H16BrN3/c1-11-9-12(15)10-17-14(11)18(2)8-6-13-5-3-4-7-16-13/h3-5,7,9-10H,6,8H2,1-2H3. The molecule has 0 atom stereocenters. The lowest BCUT2D eigenvalue weighted by Crippen LogP contribution is -2.22. The number of nitrogens with zero attached hydrogens (tertiary/aromatic N) is 3. The SMILES string of the molecule is Cc1cc(Br)cnc1N(C)CCc1ccccn1. The van der Waals surface area contributed by atoms with Gasteiger partial charge in [-0.2, -0.15) is 0 Å². The molecule has 0 spiro atoms. The van der Waals surface area contributed by atoms with Crippen molar-refractivity contribution in [3.63, 3.8) is 0 Å². The van der Waals surface area contributed by atoms with Crippen molar-refractivity contribution in [1.29, 1.82) is 0 Å². The van der Waals surface area contributed by atoms with E-state index in [4.69, 9.17) is 0 Å². The van der Waals surface area contributed by atoms with E-state index in [1.807, 2.05) is 24.5 Å². The summed E-state index contributed by atoms with van der Waals surface area (Å²) in [7, 11) is 2.06. The lowest BCUT2D eigenvalue weighted by Gasteiger charge is -2.19. The molecule has 2 heterocycles. The molecule has 94 valence electrons. The molecule has 2 aromatic rings. The molecule has 0 aliphatic heterocycles. The fraction of sp³-hybridized carbons (Fsp3) is 0.286. The van der Waals surface area contributed by atoms with E-state index in [1.54, 1.807) is 0 Å². The fourth-order valence-corrected chi connectivity index (χ4v) is 2.31. The van der Waals surface area contributed by atoms with Crippen LogP contribution in [0.1, 0.15) is 11.3 Å². The van der Waals surface area contributed by atoms with Gasteiger partial charge >= 0.3 is 0 Å². The van der Waals surface area contributed by atoms with Crippen LogP contribution >= 0.6 is 15.9 Å². The maximum absolute atomic E-state index is 4.45. The molecule has 0 saturated heterocycles. The summed E-state index contributed by atoms with van der Waals surface area (Å²) in [5, 5.41) is 0. The topological polar surface area (TPSA) is 29.0 Å². The van der Waals surface area contributed by atoms with Gasteiger partial charge in [-0.15, -0.1) is 0 Å². The minimum atomic E-state index is 0.909. The highest BCUT2D eigenvalue weighted by molar-refractivity contribution is 9.10. The van der Waals surface area contributed by atoms with Crippen molar-refractivity contribution in [2.75, 3.05) is 18.5 Å². The first-order valence-corrected chi connectivity index (χ1v) is 6.69. The molecule has 0 aromatic carbocycles. The summed E-state index contributed by atoms with van der Waals surface area (Å²) in [6.07, 6.45) is 4.59. The van der Waals surface area contributed by atoms with Crippen LogP contribution in [0.4, 0.5) is 5.82 Å². The molecule has 3 nitrogen and oxygen atoms in total. The Labute approximate surface area is 116 Å². The van der Waals surface area contributed by atoms with Crippen LogP contribution in [0.5, 0.6) is 0 Å². The molecule has 0 bridgehead atoms. The van der Waals surface area contributed by atoms with Crippen LogP contribution in [-0.2, 0) is 6.42 Å². The third kappa shape index (κ3) is 3.29. The highest BCUT2D eigenvalue weighted by Crippen LogP contribution is 2.19. The molecule has 0 aliphatic rings. The second-order valence-corrected chi connectivity index (χ2v) is 5.20. The quantitative estimate of drug-likeness (QED) is 0.868. The Balaban J connectivity index is 2.01. The average molecular weight is 306 g/mol. The number of halogens is 1. The monoisotopic (exact) mass is 305 g/mol. The first-order valence-electron chi connectivity index (χ1n) is 5.90. The van der Waals surface area contributed by atoms with Crippen LogP contribution in [0.15, 0.2) is 41.1 Å². The maximum atomic E-state index is 4.45. The van der Waals surface area contributed by atoms with Gasteiger partial charge in [0.15, 0.2) is 0 Å². The zero-order chi connectivity index (χ0) is 13.0. The Morgan fingerprint density at radius 2 is 2.11 bits per heavy atom. The number of aromatic nitrogens is 2. The summed E-state index contributed by atoms with van der Waals surface area (Å²) in [5.41, 5.74) is 2.28. The van der Waals surface area contributed by atoms with E-state index in [9.17, 15) is 0 Å². The zero-order valence-corrected chi connectivity index (χ0v) is 12.2. The predicted molar refractivity (Wildman–Crippen MR) is 77.9 cm³/mol. The van der Waals surface area contributed by atoms with Gasteiger partial charge in [0.05, 0.1) is 0 Å². The van der Waals surface area contributed by atoms with Crippen LogP contribution in [0, 0.1) is 6.92 Å². The Kier molecular flexibility index (Phi) is 4.31. The van der Waals surface area contributed by atoms with Gasteiger partial charge in [-0.3, -0.25) is 4.98 Å². The number of anilines is 1. The van der Waals surface area contributed by atoms with Gasteiger partial charge in [-0.05, 0) is 46.6 Å². The van der Waals surface area contributed by atoms with Crippen LogP contribution in [0.3, 0.4) is 0 Å². The third-order valence-electron chi connectivity index (χ3n) is 2.81. The molecule has 0 amide bonds. The summed E-state index contributed by atoms with van der Waals surface area (Å²) < 4.78 is 1.02. The van der Waals surface area contributed by atoms with Gasteiger partial charge in [-0.25, -0.2) is 4.98 Å². The molecular weight excluding hydrogens is 290 g/mol. The minimum absolute atomic E-state index is 0.909. The molecule has 0 N–H and O–H groups in total. The van der Waals surface area contributed by atoms with Gasteiger partial charge in [0.2, 0.25) is 0 Å². The van der Waals surface area contributed by atoms with E-state index in [2.05, 4.69) is 56.9 Å². The number of hydrogen-bond acceptors (Lipinski definition) is 3. The number of rotatable bonds is 4. The predicted octanol–water partition coefficient (Wildman–Crippen LogP) is 3.23. The van der Waals surface area contributed by atoms with Crippen LogP contribution in [-0.4, -0.2) is 23.6 Å². The second-order valence-electron chi connectivity index (χ2n) is 4.29. The molecule has 2 rings (SSSR count). The summed E-state index contributed by atoms with van der Waals surface area (Å²) in [4.78, 5) is 10.9. The summed E-state index contributed by atoms with van der Waals surface area (Å²) in [6.45, 7) is 2.98. The summed E-state index contributed by atoms with van der Waals surface area (Å²) >= 11 is 3.43. The van der Waals surface area contributed by atoms with E-state index in [0.717, 1.165) is 29.0 Å². The number of hydrogen-bond donors (Lipinski definition) is 0. The van der Waals surface area contributed by atoms with Crippen molar-refractivity contribution >= 4 is 21.7 Å². The fourth-order valence-electron chi connectivity index (χ4n) is 1.87. The molecule has 0 fully saturated rings. The second kappa shape index (κ2) is 5.96. The highest BCUT2D eigenvalue weighted by atomic mass is 79.9.